The molecule has 0 bridgehead atoms. The molecule has 14 heteroatoms. The Hall–Kier alpha value is -4.90. The van der Waals surface area contributed by atoms with E-state index in [-0.39, 0.29) is 22.9 Å². The summed E-state index contributed by atoms with van der Waals surface area (Å²) in [5, 5.41) is 24.4. The van der Waals surface area contributed by atoms with E-state index in [1.807, 2.05) is 0 Å². The summed E-state index contributed by atoms with van der Waals surface area (Å²) in [5.41, 5.74) is 0.704. The Bertz CT molecular complexity index is 1660. The average Bonchev–Trinajstić information content (AvgIpc) is 3.57. The smallest absolute Gasteiger partial charge is 0.416 e. The van der Waals surface area contributed by atoms with Crippen LogP contribution >= 0.6 is 0 Å². The predicted molar refractivity (Wildman–Crippen MR) is 145 cm³/mol. The van der Waals surface area contributed by atoms with Crippen LogP contribution in [0.1, 0.15) is 48.1 Å². The molecule has 0 aliphatic carbocycles. The number of anilines is 2. The second kappa shape index (κ2) is 12.1. The number of quaternary nitrogens is 1. The van der Waals surface area contributed by atoms with Crippen LogP contribution in [-0.4, -0.2) is 58.9 Å². The van der Waals surface area contributed by atoms with Gasteiger partial charge in [0.15, 0.2) is 0 Å². The number of aromatic amines is 1. The normalized spacial score (nSPS) is 17.4. The molecule has 2 aliphatic rings. The number of carbonyl (C=O) groups is 2. The lowest BCUT2D eigenvalue weighted by atomic mass is 9.89. The first-order valence-corrected chi connectivity index (χ1v) is 13.2. The number of rotatable bonds is 5. The van der Waals surface area contributed by atoms with E-state index in [0.717, 1.165) is 48.1 Å². The van der Waals surface area contributed by atoms with Gasteiger partial charge in [-0.15, -0.1) is 5.10 Å². The van der Waals surface area contributed by atoms with Gasteiger partial charge in [-0.3, -0.25) is 4.90 Å². The van der Waals surface area contributed by atoms with Crippen LogP contribution in [0.25, 0.3) is 0 Å². The largest absolute Gasteiger partial charge is 0.554 e. The second-order valence-corrected chi connectivity index (χ2v) is 10.5. The Balaban J connectivity index is 0.00000135. The van der Waals surface area contributed by atoms with Crippen molar-refractivity contribution in [3.05, 3.63) is 86.5 Å². The summed E-state index contributed by atoms with van der Waals surface area (Å²) in [7, 11) is 3.34. The average molecular weight is 599 g/mol. The lowest BCUT2D eigenvalue weighted by Crippen LogP contribution is -2.41. The zero-order valence-corrected chi connectivity index (χ0v) is 23.6. The number of nitriles is 1. The van der Waals surface area contributed by atoms with Crippen molar-refractivity contribution < 1.29 is 37.1 Å². The number of carbonyl (C=O) groups excluding carboxylic acids is 2. The fourth-order valence-electron chi connectivity index (χ4n) is 5.83. The molecule has 1 aromatic heterocycles. The first-order valence-electron chi connectivity index (χ1n) is 13.2. The fourth-order valence-corrected chi connectivity index (χ4v) is 5.83. The zero-order chi connectivity index (χ0) is 31.5. The number of fused-ring (bicyclic) bond motifs is 1. The molecule has 2 aliphatic heterocycles. The minimum atomic E-state index is -4.60. The third-order valence-electron chi connectivity index (χ3n) is 7.74. The number of nitrogens with one attached hydrogen (secondary N) is 1. The van der Waals surface area contributed by atoms with Crippen LogP contribution < -0.4 is 15.7 Å². The van der Waals surface area contributed by atoms with E-state index in [1.165, 1.54) is 28.7 Å². The Morgan fingerprint density at radius 1 is 1.26 bits per heavy atom. The van der Waals surface area contributed by atoms with E-state index < -0.39 is 35.9 Å². The van der Waals surface area contributed by atoms with Crippen LogP contribution in [0.4, 0.5) is 24.8 Å². The topological polar surface area (TPSA) is 144 Å². The summed E-state index contributed by atoms with van der Waals surface area (Å²) in [5.74, 6) is -0.716. The van der Waals surface area contributed by atoms with Crippen LogP contribution in [0.2, 0.25) is 0 Å². The summed E-state index contributed by atoms with van der Waals surface area (Å²) >= 11 is 0. The first-order chi connectivity index (χ1) is 20.4. The van der Waals surface area contributed by atoms with Crippen molar-refractivity contribution in [1.82, 2.24) is 14.8 Å². The maximum Gasteiger partial charge on any atom is 0.416 e. The molecule has 5 rings (SSSR count). The number of methoxy groups -OCH3 is 1. The van der Waals surface area contributed by atoms with Crippen molar-refractivity contribution in [2.24, 2.45) is 0 Å². The van der Waals surface area contributed by atoms with Gasteiger partial charge in [-0.1, -0.05) is 12.1 Å². The molecule has 1 saturated heterocycles. The van der Waals surface area contributed by atoms with Gasteiger partial charge in [0.1, 0.15) is 12.6 Å². The van der Waals surface area contributed by atoms with Gasteiger partial charge in [-0.25, -0.2) is 19.3 Å². The van der Waals surface area contributed by atoms with Gasteiger partial charge >= 0.3 is 17.8 Å². The number of halogens is 3. The molecule has 0 saturated carbocycles. The Morgan fingerprint density at radius 2 is 1.93 bits per heavy atom. The van der Waals surface area contributed by atoms with E-state index in [9.17, 15) is 28.0 Å². The van der Waals surface area contributed by atoms with Crippen molar-refractivity contribution in [1.29, 1.82) is 5.26 Å². The van der Waals surface area contributed by atoms with E-state index in [2.05, 4.69) is 23.3 Å². The number of H-pyrrole nitrogens is 1. The number of ether oxygens (including phenoxy) is 1. The molecule has 226 valence electrons. The number of alkyl halides is 3. The highest BCUT2D eigenvalue weighted by molar-refractivity contribution is 5.93. The maximum atomic E-state index is 13.6. The van der Waals surface area contributed by atoms with Gasteiger partial charge in [0, 0.05) is 36.3 Å². The highest BCUT2D eigenvalue weighted by atomic mass is 19.4. The monoisotopic (exact) mass is 598 g/mol. The SMILES string of the molecule is COC(=O)C1=C(C)N(c2cccc(C(F)(F)F)c2)c2n[nH]c(=O)n2[C@@H]1c1ccc(C#N)cc1C[N+]1(C)CCCC1.O=C[O-]. The number of likely N-dealkylation sites (tertiary alicyclic amines) is 1. The number of nitrogens with zero attached hydrogens (tertiary/aromatic N) is 5. The van der Waals surface area contributed by atoms with Crippen LogP contribution in [-0.2, 0) is 27.0 Å². The third kappa shape index (κ3) is 6.02. The Labute approximate surface area is 244 Å². The highest BCUT2D eigenvalue weighted by Gasteiger charge is 2.42. The molecule has 0 unspecified atom stereocenters. The van der Waals surface area contributed by atoms with Crippen molar-refractivity contribution in [3.8, 4) is 6.07 Å². The van der Waals surface area contributed by atoms with E-state index in [4.69, 9.17) is 14.6 Å². The third-order valence-corrected chi connectivity index (χ3v) is 7.74. The van der Waals surface area contributed by atoms with Gasteiger partial charge < -0.3 is 19.1 Å². The lowest BCUT2D eigenvalue weighted by Gasteiger charge is -2.37. The van der Waals surface area contributed by atoms with E-state index in [1.54, 1.807) is 25.1 Å². The van der Waals surface area contributed by atoms with Gasteiger partial charge in [0.05, 0.1) is 50.0 Å². The molecule has 43 heavy (non-hydrogen) atoms. The zero-order valence-electron chi connectivity index (χ0n) is 23.6. The molecule has 3 heterocycles. The molecule has 11 nitrogen and oxygen atoms in total. The number of carboxylic acid groups (broad SMARTS) is 1. The van der Waals surface area contributed by atoms with Gasteiger partial charge in [0.2, 0.25) is 5.95 Å². The standard InChI is InChI=1S/C28H27F3N6O3.CH2O2/c1-17-23(25(38)40-3)24(22-10-9-18(15-32)13-19(22)16-37(2)11-4-5-12-37)36-26(33-34-27(36)39)35(17)21-8-6-7-20(14-21)28(29,30)31;2-1-3/h6-10,13-14,24H,4-5,11-12,16H2,1-3H3;1H,(H,2,3)/t24-;/m1./s1. The number of allylic oxidation sites excluding steroid dienone is 1. The van der Waals surface area contributed by atoms with Crippen molar-refractivity contribution in [3.63, 3.8) is 0 Å². The number of hydrogen-bond donors (Lipinski definition) is 1. The number of benzene rings is 2. The van der Waals surface area contributed by atoms with Crippen molar-refractivity contribution in [2.45, 2.75) is 38.5 Å². The summed E-state index contributed by atoms with van der Waals surface area (Å²) in [4.78, 5) is 36.2. The number of hydrogen-bond acceptors (Lipinski definition) is 8. The van der Waals surface area contributed by atoms with Crippen molar-refractivity contribution in [2.75, 3.05) is 32.1 Å². The van der Waals surface area contributed by atoms with Crippen LogP contribution in [0.5, 0.6) is 0 Å². The van der Waals surface area contributed by atoms with Gasteiger partial charge in [0.25, 0.3) is 0 Å². The molecule has 2 aromatic carbocycles. The van der Waals surface area contributed by atoms with E-state index in [0.29, 0.717) is 17.7 Å². The molecule has 0 radical (unpaired) electrons. The Morgan fingerprint density at radius 3 is 2.53 bits per heavy atom. The number of aromatic nitrogens is 3. The van der Waals surface area contributed by atoms with Crippen LogP contribution in [0, 0.1) is 11.3 Å². The van der Waals surface area contributed by atoms with Gasteiger partial charge in [-0.2, -0.15) is 18.4 Å². The fraction of sp³-hybridized carbons (Fsp3) is 0.345. The molecule has 1 atom stereocenters. The predicted octanol–water partition coefficient (Wildman–Crippen LogP) is 2.76. The summed E-state index contributed by atoms with van der Waals surface area (Å²) in [6.07, 6.45) is -2.47. The minimum Gasteiger partial charge on any atom is -0.554 e. The molecule has 3 aromatic rings. The second-order valence-electron chi connectivity index (χ2n) is 10.5. The summed E-state index contributed by atoms with van der Waals surface area (Å²) in [6, 6.07) is 10.9. The molecule has 1 fully saturated rings. The highest BCUT2D eigenvalue weighted by Crippen LogP contribution is 2.44. The Kier molecular flexibility index (Phi) is 8.77. The molecular weight excluding hydrogens is 569 g/mol. The quantitative estimate of drug-likeness (QED) is 0.268. The van der Waals surface area contributed by atoms with Crippen LogP contribution in [0.15, 0.2) is 58.5 Å². The van der Waals surface area contributed by atoms with E-state index >= 15 is 0 Å². The molecule has 0 spiro atoms. The maximum absolute atomic E-state index is 13.6. The first kappa shape index (κ1) is 31.0. The molecule has 0 amide bonds. The van der Waals surface area contributed by atoms with Crippen molar-refractivity contribution >= 4 is 24.1 Å². The molecule has 1 N–H and O–H groups in total. The summed E-state index contributed by atoms with van der Waals surface area (Å²) < 4.78 is 47.8. The van der Waals surface area contributed by atoms with Crippen LogP contribution in [0.3, 0.4) is 0 Å². The lowest BCUT2D eigenvalue weighted by molar-refractivity contribution is -0.910. The minimum absolute atomic E-state index is 0.0244. The molecular formula is C29H29F3N6O5. The van der Waals surface area contributed by atoms with Gasteiger partial charge in [-0.05, 0) is 42.8 Å². The summed E-state index contributed by atoms with van der Waals surface area (Å²) in [6.45, 7) is 3.54. The number of esters is 1.